The predicted molar refractivity (Wildman–Crippen MR) is 86.0 cm³/mol. The van der Waals surface area contributed by atoms with Crippen LogP contribution < -0.4 is 19.7 Å². The van der Waals surface area contributed by atoms with E-state index < -0.39 is 0 Å². The minimum absolute atomic E-state index is 0.196. The zero-order valence-corrected chi connectivity index (χ0v) is 13.5. The first-order chi connectivity index (χ1) is 11.2. The third kappa shape index (κ3) is 3.10. The van der Waals surface area contributed by atoms with Gasteiger partial charge in [-0.2, -0.15) is 9.97 Å². The van der Waals surface area contributed by atoms with Gasteiger partial charge in [0.25, 0.3) is 0 Å². The molecule has 8 heteroatoms. The summed E-state index contributed by atoms with van der Waals surface area (Å²) in [7, 11) is 4.92. The Balaban J connectivity index is 1.95. The van der Waals surface area contributed by atoms with Crippen LogP contribution in [-0.4, -0.2) is 47.7 Å². The molecule has 2 aromatic heterocycles. The molecule has 0 bridgehead atoms. The van der Waals surface area contributed by atoms with E-state index >= 15 is 0 Å². The van der Waals surface area contributed by atoms with E-state index in [4.69, 9.17) is 9.47 Å². The zero-order chi connectivity index (χ0) is 16.2. The van der Waals surface area contributed by atoms with Gasteiger partial charge >= 0.3 is 12.0 Å². The molecule has 1 saturated heterocycles. The summed E-state index contributed by atoms with van der Waals surface area (Å²) in [6.07, 6.45) is 3.91. The van der Waals surface area contributed by atoms with Gasteiger partial charge in [0.15, 0.2) is 0 Å². The monoisotopic (exact) mass is 316 g/mol. The number of ether oxygens (including phenoxy) is 2. The maximum absolute atomic E-state index is 5.15. The normalized spacial score (nSPS) is 17.2. The molecule has 2 aromatic rings. The quantitative estimate of drug-likeness (QED) is 0.891. The lowest BCUT2D eigenvalue weighted by Gasteiger charge is -2.25. The number of pyridine rings is 1. The van der Waals surface area contributed by atoms with Crippen LogP contribution in [0.25, 0.3) is 0 Å². The molecule has 0 aromatic carbocycles. The van der Waals surface area contributed by atoms with Gasteiger partial charge in [-0.1, -0.05) is 0 Å². The van der Waals surface area contributed by atoms with Crippen LogP contribution in [0.3, 0.4) is 0 Å². The SMILES string of the molecule is CNc1cc([C@@H]2CCCN2c2nc(OC)nc(OC)n2)ccn1. The number of methoxy groups -OCH3 is 2. The van der Waals surface area contributed by atoms with Crippen molar-refractivity contribution in [1.82, 2.24) is 19.9 Å². The second-order valence-corrected chi connectivity index (χ2v) is 5.18. The average molecular weight is 316 g/mol. The smallest absolute Gasteiger partial charge is 0.324 e. The third-order valence-electron chi connectivity index (χ3n) is 3.88. The summed E-state index contributed by atoms with van der Waals surface area (Å²) in [6, 6.07) is 4.78. The van der Waals surface area contributed by atoms with Crippen LogP contribution >= 0.6 is 0 Å². The molecule has 1 fully saturated rings. The number of nitrogens with zero attached hydrogens (tertiary/aromatic N) is 5. The summed E-state index contributed by atoms with van der Waals surface area (Å²) in [5, 5.41) is 3.07. The topological polar surface area (TPSA) is 85.3 Å². The molecular weight excluding hydrogens is 296 g/mol. The highest BCUT2D eigenvalue weighted by Crippen LogP contribution is 2.35. The van der Waals surface area contributed by atoms with Gasteiger partial charge in [0.1, 0.15) is 5.82 Å². The van der Waals surface area contributed by atoms with E-state index in [2.05, 4.69) is 36.2 Å². The minimum atomic E-state index is 0.196. The van der Waals surface area contributed by atoms with Gasteiger partial charge in [-0.05, 0) is 30.5 Å². The Morgan fingerprint density at radius 3 is 2.57 bits per heavy atom. The molecule has 0 aliphatic carbocycles. The highest BCUT2D eigenvalue weighted by atomic mass is 16.5. The van der Waals surface area contributed by atoms with Crippen LogP contribution in [0.4, 0.5) is 11.8 Å². The molecule has 0 saturated carbocycles. The molecule has 3 heterocycles. The Morgan fingerprint density at radius 1 is 1.17 bits per heavy atom. The standard InChI is InChI=1S/C15H20N6O2/c1-16-12-9-10(6-7-17-12)11-5-4-8-21(11)13-18-14(22-2)20-15(19-13)23-3/h6-7,9,11H,4-5,8H2,1-3H3,(H,16,17)/t11-/m0/s1. The lowest BCUT2D eigenvalue weighted by Crippen LogP contribution is -2.25. The third-order valence-corrected chi connectivity index (χ3v) is 3.88. The van der Waals surface area contributed by atoms with Crippen molar-refractivity contribution in [1.29, 1.82) is 0 Å². The van der Waals surface area contributed by atoms with E-state index in [0.29, 0.717) is 5.95 Å². The molecule has 0 amide bonds. The van der Waals surface area contributed by atoms with Crippen molar-refractivity contribution in [3.8, 4) is 12.0 Å². The van der Waals surface area contributed by atoms with Crippen LogP contribution in [0.2, 0.25) is 0 Å². The van der Waals surface area contributed by atoms with Crippen molar-refractivity contribution in [2.45, 2.75) is 18.9 Å². The number of hydrogen-bond donors (Lipinski definition) is 1. The Morgan fingerprint density at radius 2 is 1.91 bits per heavy atom. The van der Waals surface area contributed by atoms with Crippen molar-refractivity contribution >= 4 is 11.8 Å². The lowest BCUT2D eigenvalue weighted by atomic mass is 10.1. The Labute approximate surface area is 134 Å². The number of nitrogens with one attached hydrogen (secondary N) is 1. The zero-order valence-electron chi connectivity index (χ0n) is 13.5. The van der Waals surface area contributed by atoms with E-state index in [0.717, 1.165) is 25.2 Å². The number of hydrogen-bond acceptors (Lipinski definition) is 8. The van der Waals surface area contributed by atoms with E-state index in [1.165, 1.54) is 19.8 Å². The minimum Gasteiger partial charge on any atom is -0.467 e. The fraction of sp³-hybridized carbons (Fsp3) is 0.467. The van der Waals surface area contributed by atoms with Crippen LogP contribution in [0.5, 0.6) is 12.0 Å². The lowest BCUT2D eigenvalue weighted by molar-refractivity contribution is 0.339. The maximum atomic E-state index is 5.15. The summed E-state index contributed by atoms with van der Waals surface area (Å²) in [6.45, 7) is 0.873. The van der Waals surface area contributed by atoms with Crippen LogP contribution in [0, 0.1) is 0 Å². The first-order valence-corrected chi connectivity index (χ1v) is 7.49. The first kappa shape index (κ1) is 15.3. The van der Waals surface area contributed by atoms with E-state index in [9.17, 15) is 0 Å². The maximum Gasteiger partial charge on any atom is 0.324 e. The largest absolute Gasteiger partial charge is 0.467 e. The summed E-state index contributed by atoms with van der Waals surface area (Å²) in [5.41, 5.74) is 1.18. The van der Waals surface area contributed by atoms with Crippen molar-refractivity contribution in [2.75, 3.05) is 38.0 Å². The van der Waals surface area contributed by atoms with Gasteiger partial charge in [-0.3, -0.25) is 0 Å². The Hall–Kier alpha value is -2.64. The molecule has 0 radical (unpaired) electrons. The number of aromatic nitrogens is 4. The summed E-state index contributed by atoms with van der Waals surface area (Å²) in [5.74, 6) is 1.42. The fourth-order valence-electron chi connectivity index (χ4n) is 2.78. The number of anilines is 2. The summed E-state index contributed by atoms with van der Waals surface area (Å²) in [4.78, 5) is 19.2. The Kier molecular flexibility index (Phi) is 4.40. The second kappa shape index (κ2) is 6.64. The van der Waals surface area contributed by atoms with E-state index in [-0.39, 0.29) is 18.1 Å². The molecule has 23 heavy (non-hydrogen) atoms. The predicted octanol–water partition coefficient (Wildman–Crippen LogP) is 1.67. The van der Waals surface area contributed by atoms with Gasteiger partial charge in [-0.25, -0.2) is 4.98 Å². The van der Waals surface area contributed by atoms with Crippen LogP contribution in [-0.2, 0) is 0 Å². The molecule has 3 rings (SSSR count). The molecular formula is C15H20N6O2. The van der Waals surface area contributed by atoms with Gasteiger partial charge < -0.3 is 19.7 Å². The molecule has 1 N–H and O–H groups in total. The van der Waals surface area contributed by atoms with Gasteiger partial charge in [-0.15, -0.1) is 4.98 Å². The molecule has 8 nitrogen and oxygen atoms in total. The first-order valence-electron chi connectivity index (χ1n) is 7.49. The molecule has 1 aliphatic heterocycles. The van der Waals surface area contributed by atoms with Crippen LogP contribution in [0.1, 0.15) is 24.4 Å². The van der Waals surface area contributed by atoms with Crippen molar-refractivity contribution in [2.24, 2.45) is 0 Å². The highest BCUT2D eigenvalue weighted by Gasteiger charge is 2.29. The average Bonchev–Trinajstić information content (AvgIpc) is 3.11. The molecule has 122 valence electrons. The number of rotatable bonds is 5. The van der Waals surface area contributed by atoms with Gasteiger partial charge in [0, 0.05) is 19.8 Å². The molecule has 0 unspecified atom stereocenters. The second-order valence-electron chi connectivity index (χ2n) is 5.18. The summed E-state index contributed by atoms with van der Waals surface area (Å²) >= 11 is 0. The molecule has 1 atom stereocenters. The Bertz CT molecular complexity index is 659. The van der Waals surface area contributed by atoms with Crippen molar-refractivity contribution < 1.29 is 9.47 Å². The van der Waals surface area contributed by atoms with E-state index in [1.54, 1.807) is 0 Å². The van der Waals surface area contributed by atoms with E-state index in [1.807, 2.05) is 19.3 Å². The van der Waals surface area contributed by atoms with Crippen molar-refractivity contribution in [3.05, 3.63) is 23.9 Å². The van der Waals surface area contributed by atoms with Gasteiger partial charge in [0.2, 0.25) is 5.95 Å². The summed E-state index contributed by atoms with van der Waals surface area (Å²) < 4.78 is 10.3. The fourth-order valence-corrected chi connectivity index (χ4v) is 2.78. The van der Waals surface area contributed by atoms with Gasteiger partial charge in [0.05, 0.1) is 20.3 Å². The molecule has 0 spiro atoms. The molecule has 1 aliphatic rings. The van der Waals surface area contributed by atoms with Crippen LogP contribution in [0.15, 0.2) is 18.3 Å². The van der Waals surface area contributed by atoms with Crippen molar-refractivity contribution in [3.63, 3.8) is 0 Å². The highest BCUT2D eigenvalue weighted by molar-refractivity contribution is 5.44.